The molecule has 0 spiro atoms. The maximum absolute atomic E-state index is 5.71. The van der Waals surface area contributed by atoms with Crippen LogP contribution < -0.4 is 0 Å². The smallest absolute Gasteiger partial charge is 0.206 e. The lowest BCUT2D eigenvalue weighted by atomic mass is 10.5. The summed E-state index contributed by atoms with van der Waals surface area (Å²) in [5.74, 6) is 0. The number of hydrogen-bond donors (Lipinski definition) is 0. The van der Waals surface area contributed by atoms with Crippen molar-refractivity contribution in [1.29, 1.82) is 0 Å². The first-order valence-electron chi connectivity index (χ1n) is 2.93. The van der Waals surface area contributed by atoms with Crippen LogP contribution in [0.15, 0.2) is 18.3 Å². The lowest BCUT2D eigenvalue weighted by Crippen LogP contribution is -1.91. The lowest BCUT2D eigenvalue weighted by molar-refractivity contribution is 0.923. The average Bonchev–Trinajstić information content (AvgIpc) is 2.34. The molecule has 11 heavy (non-hydrogen) atoms. The summed E-state index contributed by atoms with van der Waals surface area (Å²) in [6.45, 7) is 0. The monoisotopic (exact) mass is 187 g/mol. The van der Waals surface area contributed by atoms with E-state index in [-0.39, 0.29) is 5.28 Å². The Kier molecular flexibility index (Phi) is 1.47. The Bertz CT molecular complexity index is 396. The Labute approximate surface area is 72.6 Å². The van der Waals surface area contributed by atoms with E-state index in [1.807, 2.05) is 0 Å². The molecule has 0 fully saturated rings. The first kappa shape index (κ1) is 6.88. The fraction of sp³-hybridized carbons (Fsp3) is 0. The minimum Gasteiger partial charge on any atom is -0.206 e. The van der Waals surface area contributed by atoms with E-state index in [1.165, 1.54) is 4.52 Å². The van der Waals surface area contributed by atoms with E-state index in [2.05, 4.69) is 10.1 Å². The molecule has 2 heterocycles. The molecular formula is C6H3Cl2N3. The van der Waals surface area contributed by atoms with Gasteiger partial charge in [-0.2, -0.15) is 5.10 Å². The van der Waals surface area contributed by atoms with Crippen LogP contribution in [0.1, 0.15) is 0 Å². The third-order valence-corrected chi connectivity index (χ3v) is 1.75. The normalized spacial score (nSPS) is 10.7. The van der Waals surface area contributed by atoms with Crippen molar-refractivity contribution in [3.8, 4) is 0 Å². The van der Waals surface area contributed by atoms with Crippen LogP contribution in [0.5, 0.6) is 0 Å². The number of hydrogen-bond acceptors (Lipinski definition) is 2. The Balaban J connectivity index is 2.91. The summed E-state index contributed by atoms with van der Waals surface area (Å²) in [6, 6.07) is 3.50. The molecular weight excluding hydrogens is 185 g/mol. The fourth-order valence-electron chi connectivity index (χ4n) is 0.867. The molecule has 0 saturated heterocycles. The van der Waals surface area contributed by atoms with Gasteiger partial charge >= 0.3 is 0 Å². The molecule has 0 atom stereocenters. The van der Waals surface area contributed by atoms with Gasteiger partial charge in [0.1, 0.15) is 5.15 Å². The molecule has 0 aliphatic heterocycles. The molecule has 0 N–H and O–H groups in total. The molecule has 0 bridgehead atoms. The number of rotatable bonds is 0. The second-order valence-corrected chi connectivity index (χ2v) is 2.74. The van der Waals surface area contributed by atoms with Crippen molar-refractivity contribution in [2.45, 2.75) is 0 Å². The quantitative estimate of drug-likeness (QED) is 0.467. The SMILES string of the molecule is Clc1cc2ccnn2c(Cl)n1. The molecule has 2 aromatic heterocycles. The predicted molar refractivity (Wildman–Crippen MR) is 43.0 cm³/mol. The van der Waals surface area contributed by atoms with E-state index >= 15 is 0 Å². The minimum atomic E-state index is 0.275. The van der Waals surface area contributed by atoms with Crippen molar-refractivity contribution in [1.82, 2.24) is 14.6 Å². The topological polar surface area (TPSA) is 30.2 Å². The van der Waals surface area contributed by atoms with Gasteiger partial charge in [0.05, 0.1) is 11.7 Å². The van der Waals surface area contributed by atoms with Crippen LogP contribution in [-0.4, -0.2) is 14.6 Å². The van der Waals surface area contributed by atoms with E-state index in [1.54, 1.807) is 18.3 Å². The van der Waals surface area contributed by atoms with Crippen molar-refractivity contribution in [2.24, 2.45) is 0 Å². The summed E-state index contributed by atoms with van der Waals surface area (Å²) in [5.41, 5.74) is 0.843. The fourth-order valence-corrected chi connectivity index (χ4v) is 1.33. The molecule has 56 valence electrons. The Morgan fingerprint density at radius 1 is 1.36 bits per heavy atom. The highest BCUT2D eigenvalue weighted by Gasteiger charge is 2.00. The highest BCUT2D eigenvalue weighted by molar-refractivity contribution is 6.32. The third kappa shape index (κ3) is 1.06. The minimum absolute atomic E-state index is 0.275. The van der Waals surface area contributed by atoms with Crippen molar-refractivity contribution >= 4 is 28.7 Å². The lowest BCUT2D eigenvalue weighted by Gasteiger charge is -1.95. The van der Waals surface area contributed by atoms with E-state index in [0.717, 1.165) is 5.52 Å². The standard InChI is InChI=1S/C6H3Cl2N3/c7-5-3-4-1-2-9-11(4)6(8)10-5/h1-3H. The van der Waals surface area contributed by atoms with E-state index in [0.29, 0.717) is 5.15 Å². The van der Waals surface area contributed by atoms with Crippen LogP contribution in [0.2, 0.25) is 10.4 Å². The predicted octanol–water partition coefficient (Wildman–Crippen LogP) is 2.04. The Morgan fingerprint density at radius 3 is 3.00 bits per heavy atom. The van der Waals surface area contributed by atoms with Gasteiger partial charge in [0.2, 0.25) is 5.28 Å². The Hall–Kier alpha value is -0.800. The van der Waals surface area contributed by atoms with Crippen LogP contribution in [0.3, 0.4) is 0 Å². The highest BCUT2D eigenvalue weighted by atomic mass is 35.5. The van der Waals surface area contributed by atoms with Gasteiger partial charge in [-0.3, -0.25) is 0 Å². The largest absolute Gasteiger partial charge is 0.225 e. The van der Waals surface area contributed by atoms with E-state index in [9.17, 15) is 0 Å². The maximum atomic E-state index is 5.71. The van der Waals surface area contributed by atoms with E-state index in [4.69, 9.17) is 23.2 Å². The summed E-state index contributed by atoms with van der Waals surface area (Å²) in [5, 5.41) is 4.58. The first-order chi connectivity index (χ1) is 5.27. The van der Waals surface area contributed by atoms with Crippen molar-refractivity contribution in [3.05, 3.63) is 28.8 Å². The van der Waals surface area contributed by atoms with Crippen molar-refractivity contribution < 1.29 is 0 Å². The number of nitrogens with zero attached hydrogens (tertiary/aromatic N) is 3. The second kappa shape index (κ2) is 2.36. The number of halogens is 2. The molecule has 0 aliphatic carbocycles. The summed E-state index contributed by atoms with van der Waals surface area (Å²) < 4.78 is 1.51. The van der Waals surface area contributed by atoms with Crippen molar-refractivity contribution in [3.63, 3.8) is 0 Å². The molecule has 5 heteroatoms. The van der Waals surface area contributed by atoms with Gasteiger partial charge in [0.15, 0.2) is 0 Å². The van der Waals surface area contributed by atoms with Gasteiger partial charge in [-0.15, -0.1) is 0 Å². The van der Waals surface area contributed by atoms with Crippen LogP contribution in [-0.2, 0) is 0 Å². The van der Waals surface area contributed by atoms with Crippen LogP contribution in [0.25, 0.3) is 5.52 Å². The highest BCUT2D eigenvalue weighted by Crippen LogP contribution is 2.14. The van der Waals surface area contributed by atoms with Crippen molar-refractivity contribution in [2.75, 3.05) is 0 Å². The number of fused-ring (bicyclic) bond motifs is 1. The molecule has 0 aliphatic rings. The summed E-state index contributed by atoms with van der Waals surface area (Å²) in [4.78, 5) is 3.81. The first-order valence-corrected chi connectivity index (χ1v) is 3.69. The molecule has 2 aromatic rings. The van der Waals surface area contributed by atoms with Gasteiger partial charge in [0, 0.05) is 6.07 Å². The van der Waals surface area contributed by atoms with Crippen LogP contribution in [0.4, 0.5) is 0 Å². The molecule has 0 amide bonds. The van der Waals surface area contributed by atoms with Gasteiger partial charge in [-0.1, -0.05) is 11.6 Å². The van der Waals surface area contributed by atoms with E-state index < -0.39 is 0 Å². The molecule has 0 saturated carbocycles. The molecule has 3 nitrogen and oxygen atoms in total. The Morgan fingerprint density at radius 2 is 2.18 bits per heavy atom. The zero-order valence-electron chi connectivity index (χ0n) is 5.33. The number of aromatic nitrogens is 3. The van der Waals surface area contributed by atoms with Gasteiger partial charge in [-0.05, 0) is 17.7 Å². The molecule has 0 aromatic carbocycles. The zero-order chi connectivity index (χ0) is 7.84. The van der Waals surface area contributed by atoms with Gasteiger partial charge < -0.3 is 0 Å². The average molecular weight is 188 g/mol. The van der Waals surface area contributed by atoms with Gasteiger partial charge in [0.25, 0.3) is 0 Å². The molecule has 2 rings (SSSR count). The zero-order valence-corrected chi connectivity index (χ0v) is 6.84. The maximum Gasteiger partial charge on any atom is 0.225 e. The summed E-state index contributed by atoms with van der Waals surface area (Å²) in [7, 11) is 0. The molecule has 0 radical (unpaired) electrons. The van der Waals surface area contributed by atoms with Crippen LogP contribution >= 0.6 is 23.2 Å². The van der Waals surface area contributed by atoms with Gasteiger partial charge in [-0.25, -0.2) is 9.50 Å². The summed E-state index contributed by atoms with van der Waals surface area (Å²) >= 11 is 11.4. The third-order valence-electron chi connectivity index (χ3n) is 1.31. The van der Waals surface area contributed by atoms with Crippen LogP contribution in [0, 0.1) is 0 Å². The summed E-state index contributed by atoms with van der Waals surface area (Å²) in [6.07, 6.45) is 1.64. The molecule has 0 unspecified atom stereocenters. The second-order valence-electron chi connectivity index (χ2n) is 2.02.